The molecule has 0 aromatic heterocycles. The number of nitrogens with two attached hydrogens (primary N) is 2. The summed E-state index contributed by atoms with van der Waals surface area (Å²) in [5.41, 5.74) is 8.33. The molecule has 50 valence electrons. The highest BCUT2D eigenvalue weighted by Crippen LogP contribution is 0.802. The Labute approximate surface area is 47.3 Å². The van der Waals surface area contributed by atoms with Gasteiger partial charge in [-0.3, -0.25) is 9.59 Å². The molecule has 8 heavy (non-hydrogen) atoms. The van der Waals surface area contributed by atoms with Gasteiger partial charge >= 0.3 is 0 Å². The number of carbonyl (C=O) groups excluding carboxylic acids is 2. The molecule has 0 fully saturated rings. The Kier molecular flexibility index (Phi) is 345. The Bertz CT molecular complexity index is 33.5. The highest BCUT2D eigenvalue weighted by atomic mass is 16.2. The number of aliphatic hydroxyl groups excluding tert-OH is 1. The molecule has 0 atom stereocenters. The number of carbonyl (C=O) groups is 2. The smallest absolute Gasteiger partial charge is 0.204 e. The van der Waals surface area contributed by atoms with Crippen molar-refractivity contribution in [2.75, 3.05) is 7.11 Å². The van der Waals surface area contributed by atoms with Crippen LogP contribution in [0.1, 0.15) is 0 Å². The maximum atomic E-state index is 8.58. The Morgan fingerprint density at radius 1 is 1.12 bits per heavy atom. The van der Waals surface area contributed by atoms with E-state index in [1.807, 2.05) is 0 Å². The lowest BCUT2D eigenvalue weighted by Gasteiger charge is -1.32. The van der Waals surface area contributed by atoms with Gasteiger partial charge in [0.15, 0.2) is 0 Å². The molecular formula is C3H10N2O3. The standard InChI is InChI=1S/2CH3NO.CH4O/c2*2-1-3;1-2/h2*1H,(H2,2,3);2H,1H3. The molecule has 5 nitrogen and oxygen atoms in total. The van der Waals surface area contributed by atoms with Crippen molar-refractivity contribution < 1.29 is 14.7 Å². The van der Waals surface area contributed by atoms with Gasteiger partial charge in [-0.2, -0.15) is 0 Å². The number of aliphatic hydroxyl groups is 1. The van der Waals surface area contributed by atoms with Gasteiger partial charge in [0.1, 0.15) is 0 Å². The highest BCUT2D eigenvalue weighted by Gasteiger charge is 1.19. The quantitative estimate of drug-likeness (QED) is 0.318. The van der Waals surface area contributed by atoms with Gasteiger partial charge in [0.2, 0.25) is 12.8 Å². The van der Waals surface area contributed by atoms with Gasteiger partial charge in [-0.05, 0) is 0 Å². The van der Waals surface area contributed by atoms with E-state index in [0.29, 0.717) is 0 Å². The molecule has 5 heteroatoms. The Morgan fingerprint density at radius 2 is 1.12 bits per heavy atom. The molecule has 0 unspecified atom stereocenters. The van der Waals surface area contributed by atoms with Crippen molar-refractivity contribution in [3.05, 3.63) is 0 Å². The van der Waals surface area contributed by atoms with Crippen LogP contribution < -0.4 is 11.5 Å². The van der Waals surface area contributed by atoms with Crippen molar-refractivity contribution in [3.8, 4) is 0 Å². The van der Waals surface area contributed by atoms with E-state index in [-0.39, 0.29) is 12.8 Å². The summed E-state index contributed by atoms with van der Waals surface area (Å²) in [6.45, 7) is 0. The Hall–Kier alpha value is -1.10. The maximum absolute atomic E-state index is 8.58. The SMILES string of the molecule is CO.NC=O.NC=O. The van der Waals surface area contributed by atoms with E-state index in [9.17, 15) is 0 Å². The van der Waals surface area contributed by atoms with E-state index < -0.39 is 0 Å². The minimum absolute atomic E-state index is 0.250. The molecule has 0 spiro atoms. The fourth-order valence-corrected chi connectivity index (χ4v) is 0. The van der Waals surface area contributed by atoms with E-state index >= 15 is 0 Å². The molecule has 0 saturated carbocycles. The van der Waals surface area contributed by atoms with E-state index in [2.05, 4.69) is 11.5 Å². The average Bonchev–Trinajstić information content (AvgIpc) is 1.75. The minimum Gasteiger partial charge on any atom is -0.400 e. The van der Waals surface area contributed by atoms with Gasteiger partial charge in [0.05, 0.1) is 0 Å². The second-order valence-corrected chi connectivity index (χ2v) is 0.272. The summed E-state index contributed by atoms with van der Waals surface area (Å²) >= 11 is 0. The summed E-state index contributed by atoms with van der Waals surface area (Å²) in [5.74, 6) is 0. The summed E-state index contributed by atoms with van der Waals surface area (Å²) in [5, 5.41) is 7.00. The molecule has 0 bridgehead atoms. The molecule has 2 amide bonds. The van der Waals surface area contributed by atoms with Crippen molar-refractivity contribution in [2.24, 2.45) is 11.5 Å². The number of hydrogen-bond donors (Lipinski definition) is 3. The molecular weight excluding hydrogens is 112 g/mol. The zero-order valence-corrected chi connectivity index (χ0v) is 4.57. The molecule has 0 aromatic rings. The molecule has 0 heterocycles. The predicted molar refractivity (Wildman–Crippen MR) is 28.6 cm³/mol. The third-order valence-electron chi connectivity index (χ3n) is 0. The van der Waals surface area contributed by atoms with Gasteiger partial charge in [-0.25, -0.2) is 0 Å². The van der Waals surface area contributed by atoms with Crippen LogP contribution in [0, 0.1) is 0 Å². The van der Waals surface area contributed by atoms with Gasteiger partial charge < -0.3 is 16.6 Å². The molecule has 0 aliphatic heterocycles. The van der Waals surface area contributed by atoms with Gasteiger partial charge in [-0.15, -0.1) is 0 Å². The van der Waals surface area contributed by atoms with Crippen molar-refractivity contribution in [2.45, 2.75) is 0 Å². The van der Waals surface area contributed by atoms with Crippen LogP contribution in [0.5, 0.6) is 0 Å². The lowest BCUT2D eigenvalue weighted by atomic mass is 11.5. The first kappa shape index (κ1) is 15.8. The maximum Gasteiger partial charge on any atom is 0.204 e. The van der Waals surface area contributed by atoms with E-state index in [1.165, 1.54) is 0 Å². The number of hydrogen-bond acceptors (Lipinski definition) is 3. The summed E-state index contributed by atoms with van der Waals surface area (Å²) in [6.07, 6.45) is 0.500. The molecule has 0 aromatic carbocycles. The fraction of sp³-hybridized carbons (Fsp3) is 0.333. The molecule has 0 radical (unpaired) electrons. The highest BCUT2D eigenvalue weighted by molar-refractivity contribution is 5.42. The van der Waals surface area contributed by atoms with Gasteiger partial charge in [0.25, 0.3) is 0 Å². The monoisotopic (exact) mass is 122 g/mol. The summed E-state index contributed by atoms with van der Waals surface area (Å²) in [6, 6.07) is 0. The third kappa shape index (κ3) is 61.6. The van der Waals surface area contributed by atoms with Crippen LogP contribution in [0.25, 0.3) is 0 Å². The zero-order chi connectivity index (χ0) is 7.41. The van der Waals surface area contributed by atoms with Crippen molar-refractivity contribution in [1.82, 2.24) is 0 Å². The van der Waals surface area contributed by atoms with E-state index in [0.717, 1.165) is 7.11 Å². The number of primary amides is 2. The molecule has 0 aliphatic carbocycles. The summed E-state index contributed by atoms with van der Waals surface area (Å²) < 4.78 is 0. The van der Waals surface area contributed by atoms with Gasteiger partial charge in [0, 0.05) is 7.11 Å². The summed E-state index contributed by atoms with van der Waals surface area (Å²) in [4.78, 5) is 17.2. The van der Waals surface area contributed by atoms with Crippen LogP contribution in [0.2, 0.25) is 0 Å². The first-order valence-electron chi connectivity index (χ1n) is 1.59. The predicted octanol–water partition coefficient (Wildman–Crippen LogP) is -2.19. The average molecular weight is 122 g/mol. The first-order valence-corrected chi connectivity index (χ1v) is 1.59. The minimum atomic E-state index is 0.250. The Balaban J connectivity index is -0.0000000483. The zero-order valence-electron chi connectivity index (χ0n) is 4.57. The van der Waals surface area contributed by atoms with Crippen LogP contribution in [-0.4, -0.2) is 25.0 Å². The molecule has 0 aliphatic rings. The van der Waals surface area contributed by atoms with Crippen LogP contribution in [0.4, 0.5) is 0 Å². The second-order valence-electron chi connectivity index (χ2n) is 0.272. The Morgan fingerprint density at radius 3 is 1.12 bits per heavy atom. The van der Waals surface area contributed by atoms with Crippen LogP contribution in [0.15, 0.2) is 0 Å². The van der Waals surface area contributed by atoms with Crippen LogP contribution in [0.3, 0.4) is 0 Å². The molecule has 0 rings (SSSR count). The molecule has 5 N–H and O–H groups in total. The third-order valence-corrected chi connectivity index (χ3v) is 0. The van der Waals surface area contributed by atoms with Crippen molar-refractivity contribution in [3.63, 3.8) is 0 Å². The first-order chi connectivity index (χ1) is 3.83. The van der Waals surface area contributed by atoms with Crippen LogP contribution in [-0.2, 0) is 9.59 Å². The largest absolute Gasteiger partial charge is 0.400 e. The lowest BCUT2D eigenvalue weighted by Crippen LogP contribution is -1.82. The lowest BCUT2D eigenvalue weighted by molar-refractivity contribution is -0.107. The topological polar surface area (TPSA) is 106 Å². The normalized spacial score (nSPS) is 3.75. The second kappa shape index (κ2) is 175. The molecule has 0 saturated heterocycles. The fourth-order valence-electron chi connectivity index (χ4n) is 0. The van der Waals surface area contributed by atoms with E-state index in [4.69, 9.17) is 14.7 Å². The number of amides is 2. The van der Waals surface area contributed by atoms with Gasteiger partial charge in [-0.1, -0.05) is 0 Å². The van der Waals surface area contributed by atoms with Crippen molar-refractivity contribution >= 4 is 12.8 Å². The summed E-state index contributed by atoms with van der Waals surface area (Å²) in [7, 11) is 1.00. The van der Waals surface area contributed by atoms with E-state index in [1.54, 1.807) is 0 Å². The van der Waals surface area contributed by atoms with Crippen molar-refractivity contribution in [1.29, 1.82) is 0 Å². The van der Waals surface area contributed by atoms with Crippen LogP contribution >= 0.6 is 0 Å². The number of rotatable bonds is 0.